The van der Waals surface area contributed by atoms with Gasteiger partial charge in [0.15, 0.2) is 12.3 Å². The Balaban J connectivity index is 1.81. The molecule has 3 rings (SSSR count). The Bertz CT molecular complexity index is 1310. The van der Waals surface area contributed by atoms with Gasteiger partial charge in [-0.15, -0.1) is 0 Å². The fraction of sp³-hybridized carbons (Fsp3) is 0.308. The highest BCUT2D eigenvalue weighted by Gasteiger charge is 2.26. The number of rotatable bonds is 10. The lowest BCUT2D eigenvalue weighted by molar-refractivity contribution is -0.147. The molecule has 10 heteroatoms. The summed E-state index contributed by atoms with van der Waals surface area (Å²) in [6.45, 7) is 3.38. The van der Waals surface area contributed by atoms with E-state index in [2.05, 4.69) is 4.98 Å². The molecule has 0 atom stereocenters. The number of benzene rings is 2. The van der Waals surface area contributed by atoms with Gasteiger partial charge in [0.2, 0.25) is 0 Å². The van der Waals surface area contributed by atoms with Gasteiger partial charge >= 0.3 is 11.7 Å². The van der Waals surface area contributed by atoms with Gasteiger partial charge in [0, 0.05) is 6.54 Å². The van der Waals surface area contributed by atoms with Crippen LogP contribution in [-0.2, 0) is 27.3 Å². The summed E-state index contributed by atoms with van der Waals surface area (Å²) in [6.07, 6.45) is -0.0356. The van der Waals surface area contributed by atoms with Crippen molar-refractivity contribution < 1.29 is 19.1 Å². The van der Waals surface area contributed by atoms with E-state index in [0.717, 1.165) is 5.56 Å². The topological polar surface area (TPSA) is 137 Å². The number of ether oxygens (including phenoxy) is 2. The highest BCUT2D eigenvalue weighted by atomic mass is 16.5. The van der Waals surface area contributed by atoms with Crippen molar-refractivity contribution in [2.75, 3.05) is 30.9 Å². The number of nitrogens with one attached hydrogen (secondary N) is 1. The molecule has 0 bridgehead atoms. The number of amides is 1. The smallest absolute Gasteiger partial charge is 0.330 e. The quantitative estimate of drug-likeness (QED) is 0.411. The van der Waals surface area contributed by atoms with E-state index in [9.17, 15) is 19.2 Å². The van der Waals surface area contributed by atoms with E-state index in [1.165, 1.54) is 9.47 Å². The molecular formula is C26H30N4O6. The molecule has 1 aromatic heterocycles. The number of nitrogen functional groups attached to an aromatic ring is 1. The highest BCUT2D eigenvalue weighted by Crippen LogP contribution is 2.20. The molecule has 0 saturated heterocycles. The van der Waals surface area contributed by atoms with Crippen LogP contribution in [0, 0.1) is 5.92 Å². The number of hydrogen-bond donors (Lipinski definition) is 2. The van der Waals surface area contributed by atoms with Crippen molar-refractivity contribution in [3.63, 3.8) is 0 Å². The number of nitrogens with two attached hydrogens (primary N) is 1. The zero-order valence-electron chi connectivity index (χ0n) is 20.5. The average Bonchev–Trinajstić information content (AvgIpc) is 2.85. The number of carbonyl (C=O) groups is 2. The fourth-order valence-electron chi connectivity index (χ4n) is 3.63. The lowest BCUT2D eigenvalue weighted by atomic mass is 10.1. The number of hydrogen-bond acceptors (Lipinski definition) is 7. The minimum atomic E-state index is -0.791. The van der Waals surface area contributed by atoms with Gasteiger partial charge in [0.25, 0.3) is 11.5 Å². The maximum absolute atomic E-state index is 13.1. The van der Waals surface area contributed by atoms with E-state index < -0.39 is 29.7 Å². The number of aromatic amines is 1. The molecule has 0 fully saturated rings. The second-order valence-electron chi connectivity index (χ2n) is 8.65. The molecule has 0 saturated carbocycles. The standard InChI is InChI=1S/C26H30N4O6/c1-17(2)14-29(21(31)16-36-22(32)13-18-9-11-20(35-3)12-10-18)23-24(27)30(26(34)28-25(23)33)15-19-7-5-4-6-8-19/h4-12,17H,13-16,27H2,1-3H3,(H,28,33,34). The molecule has 3 aromatic rings. The van der Waals surface area contributed by atoms with Crippen LogP contribution in [0.3, 0.4) is 0 Å². The number of carbonyl (C=O) groups excluding carboxylic acids is 2. The SMILES string of the molecule is COc1ccc(CC(=O)OCC(=O)N(CC(C)C)c2c(N)n(Cc3ccccc3)c(=O)[nH]c2=O)cc1. The van der Waals surface area contributed by atoms with Crippen molar-refractivity contribution >= 4 is 23.4 Å². The van der Waals surface area contributed by atoms with E-state index in [4.69, 9.17) is 15.2 Å². The molecule has 190 valence electrons. The molecule has 10 nitrogen and oxygen atoms in total. The summed E-state index contributed by atoms with van der Waals surface area (Å²) < 4.78 is 11.5. The molecule has 0 aliphatic carbocycles. The summed E-state index contributed by atoms with van der Waals surface area (Å²) in [6, 6.07) is 16.0. The summed E-state index contributed by atoms with van der Waals surface area (Å²) in [5.41, 5.74) is 6.11. The van der Waals surface area contributed by atoms with E-state index in [-0.39, 0.29) is 36.9 Å². The van der Waals surface area contributed by atoms with Crippen molar-refractivity contribution in [1.82, 2.24) is 9.55 Å². The minimum absolute atomic E-state index is 0.0356. The molecule has 0 aliphatic heterocycles. The van der Waals surface area contributed by atoms with Crippen LogP contribution in [0.15, 0.2) is 64.2 Å². The first kappa shape index (κ1) is 26.3. The Morgan fingerprint density at radius 2 is 1.69 bits per heavy atom. The maximum atomic E-state index is 13.1. The van der Waals surface area contributed by atoms with Crippen LogP contribution in [-0.4, -0.2) is 41.7 Å². The van der Waals surface area contributed by atoms with Crippen LogP contribution in [0.4, 0.5) is 11.5 Å². The van der Waals surface area contributed by atoms with Crippen LogP contribution >= 0.6 is 0 Å². The van der Waals surface area contributed by atoms with Crippen molar-refractivity contribution in [1.29, 1.82) is 0 Å². The molecule has 0 aliphatic rings. The van der Waals surface area contributed by atoms with Crippen molar-refractivity contribution in [3.8, 4) is 5.75 Å². The van der Waals surface area contributed by atoms with Crippen molar-refractivity contribution in [2.24, 2.45) is 5.92 Å². The second kappa shape index (κ2) is 11.9. The molecule has 1 heterocycles. The minimum Gasteiger partial charge on any atom is -0.497 e. The van der Waals surface area contributed by atoms with Gasteiger partial charge in [-0.2, -0.15) is 0 Å². The molecule has 3 N–H and O–H groups in total. The molecular weight excluding hydrogens is 464 g/mol. The van der Waals surface area contributed by atoms with Gasteiger partial charge in [-0.1, -0.05) is 56.3 Å². The van der Waals surface area contributed by atoms with E-state index in [1.54, 1.807) is 31.4 Å². The van der Waals surface area contributed by atoms with E-state index in [1.807, 2.05) is 44.2 Å². The van der Waals surface area contributed by atoms with Crippen LogP contribution in [0.2, 0.25) is 0 Å². The predicted octanol–water partition coefficient (Wildman–Crippen LogP) is 1.95. The van der Waals surface area contributed by atoms with Gasteiger partial charge in [0.05, 0.1) is 20.1 Å². The number of aromatic nitrogens is 2. The predicted molar refractivity (Wildman–Crippen MR) is 136 cm³/mol. The number of nitrogens with zero attached hydrogens (tertiary/aromatic N) is 2. The third kappa shape index (κ3) is 6.62. The number of methoxy groups -OCH3 is 1. The zero-order valence-corrected chi connectivity index (χ0v) is 20.5. The molecule has 0 spiro atoms. The van der Waals surface area contributed by atoms with Gasteiger partial charge in [-0.3, -0.25) is 23.9 Å². The van der Waals surface area contributed by atoms with Crippen molar-refractivity contribution in [3.05, 3.63) is 86.6 Å². The number of esters is 1. The molecule has 1 amide bonds. The Labute approximate surface area is 208 Å². The summed E-state index contributed by atoms with van der Waals surface area (Å²) in [5, 5.41) is 0. The summed E-state index contributed by atoms with van der Waals surface area (Å²) in [4.78, 5) is 54.1. The van der Waals surface area contributed by atoms with E-state index >= 15 is 0 Å². The Morgan fingerprint density at radius 3 is 2.31 bits per heavy atom. The third-order valence-electron chi connectivity index (χ3n) is 5.38. The third-order valence-corrected chi connectivity index (χ3v) is 5.38. The molecule has 36 heavy (non-hydrogen) atoms. The number of anilines is 2. The Morgan fingerprint density at radius 1 is 1.03 bits per heavy atom. The first-order valence-corrected chi connectivity index (χ1v) is 11.4. The van der Waals surface area contributed by atoms with Gasteiger partial charge in [0.1, 0.15) is 11.6 Å². The lowest BCUT2D eigenvalue weighted by Gasteiger charge is -2.26. The van der Waals surface area contributed by atoms with Gasteiger partial charge in [-0.05, 0) is 29.2 Å². The van der Waals surface area contributed by atoms with Crippen LogP contribution < -0.4 is 26.6 Å². The monoisotopic (exact) mass is 494 g/mol. The highest BCUT2D eigenvalue weighted by molar-refractivity contribution is 5.97. The fourth-order valence-corrected chi connectivity index (χ4v) is 3.63. The maximum Gasteiger partial charge on any atom is 0.330 e. The molecule has 0 radical (unpaired) electrons. The lowest BCUT2D eigenvalue weighted by Crippen LogP contribution is -2.44. The largest absolute Gasteiger partial charge is 0.497 e. The normalized spacial score (nSPS) is 10.8. The summed E-state index contributed by atoms with van der Waals surface area (Å²) in [7, 11) is 1.55. The second-order valence-corrected chi connectivity index (χ2v) is 8.65. The van der Waals surface area contributed by atoms with Crippen LogP contribution in [0.1, 0.15) is 25.0 Å². The average molecular weight is 495 g/mol. The van der Waals surface area contributed by atoms with Gasteiger partial charge < -0.3 is 20.1 Å². The molecule has 2 aromatic carbocycles. The molecule has 0 unspecified atom stereocenters. The van der Waals surface area contributed by atoms with Crippen molar-refractivity contribution in [2.45, 2.75) is 26.8 Å². The van der Waals surface area contributed by atoms with E-state index in [0.29, 0.717) is 11.3 Å². The van der Waals surface area contributed by atoms with Crippen LogP contribution in [0.25, 0.3) is 0 Å². The Hall–Kier alpha value is -4.34. The summed E-state index contributed by atoms with van der Waals surface area (Å²) >= 11 is 0. The first-order chi connectivity index (χ1) is 17.2. The van der Waals surface area contributed by atoms with Crippen LogP contribution in [0.5, 0.6) is 5.75 Å². The first-order valence-electron chi connectivity index (χ1n) is 11.4. The summed E-state index contributed by atoms with van der Waals surface area (Å²) in [5.74, 6) is -0.769. The number of H-pyrrole nitrogens is 1. The zero-order chi connectivity index (χ0) is 26.2. The van der Waals surface area contributed by atoms with Gasteiger partial charge in [-0.25, -0.2) is 4.79 Å². The Kier molecular flexibility index (Phi) is 8.66.